The number of nitrogens with zero attached hydrogens (tertiary/aromatic N) is 2. The maximum Gasteiger partial charge on any atom is 0.253 e. The number of amides is 1. The average molecular weight is 304 g/mol. The Labute approximate surface area is 133 Å². The van der Waals surface area contributed by atoms with Crippen LogP contribution in [0.15, 0.2) is 24.3 Å². The highest BCUT2D eigenvalue weighted by Gasteiger charge is 2.22. The summed E-state index contributed by atoms with van der Waals surface area (Å²) < 4.78 is 0. The highest BCUT2D eigenvalue weighted by Crippen LogP contribution is 2.16. The number of benzene rings is 1. The van der Waals surface area contributed by atoms with Crippen molar-refractivity contribution in [2.24, 2.45) is 0 Å². The minimum absolute atomic E-state index is 0.00658. The number of carbonyl (C=O) groups is 1. The zero-order chi connectivity index (χ0) is 16.2. The lowest BCUT2D eigenvalue weighted by atomic mass is 10.1. The summed E-state index contributed by atoms with van der Waals surface area (Å²) in [5.74, 6) is -0.00658. The zero-order valence-corrected chi connectivity index (χ0v) is 14.0. The van der Waals surface area contributed by atoms with E-state index in [2.05, 4.69) is 11.0 Å². The molecule has 4 heteroatoms. The van der Waals surface area contributed by atoms with Gasteiger partial charge in [-0.05, 0) is 64.4 Å². The molecular weight excluding hydrogens is 276 g/mol. The second-order valence-electron chi connectivity index (χ2n) is 6.82. The van der Waals surface area contributed by atoms with Crippen molar-refractivity contribution in [3.8, 4) is 0 Å². The van der Waals surface area contributed by atoms with Crippen molar-refractivity contribution in [1.82, 2.24) is 9.80 Å². The Balaban J connectivity index is 2.08. The van der Waals surface area contributed by atoms with Gasteiger partial charge in [0.15, 0.2) is 0 Å². The van der Waals surface area contributed by atoms with Crippen LogP contribution in [0, 0.1) is 0 Å². The molecule has 0 spiro atoms. The standard InChI is InChI=1S/C18H28N2O2/c1-4-20(14-18(2,3)22)17(21)16-9-7-8-15(12-16)13-19-10-5-6-11-19/h7-9,12,22H,4-6,10-11,13-14H2,1-3H3. The van der Waals surface area contributed by atoms with Gasteiger partial charge in [0.2, 0.25) is 0 Å². The van der Waals surface area contributed by atoms with Crippen LogP contribution < -0.4 is 0 Å². The molecule has 1 aromatic carbocycles. The molecule has 1 N–H and O–H groups in total. The lowest BCUT2D eigenvalue weighted by Gasteiger charge is -2.28. The van der Waals surface area contributed by atoms with Crippen molar-refractivity contribution < 1.29 is 9.90 Å². The fourth-order valence-corrected chi connectivity index (χ4v) is 2.98. The third kappa shape index (κ3) is 4.82. The Morgan fingerprint density at radius 1 is 1.32 bits per heavy atom. The quantitative estimate of drug-likeness (QED) is 0.878. The van der Waals surface area contributed by atoms with Crippen molar-refractivity contribution in [3.05, 3.63) is 35.4 Å². The van der Waals surface area contributed by atoms with Gasteiger partial charge in [-0.25, -0.2) is 0 Å². The van der Waals surface area contributed by atoms with Crippen LogP contribution in [0.1, 0.15) is 49.5 Å². The van der Waals surface area contributed by atoms with Gasteiger partial charge in [0.25, 0.3) is 5.91 Å². The lowest BCUT2D eigenvalue weighted by molar-refractivity contribution is 0.0314. The van der Waals surface area contributed by atoms with E-state index in [9.17, 15) is 9.90 Å². The third-order valence-corrected chi connectivity index (χ3v) is 4.03. The smallest absolute Gasteiger partial charge is 0.253 e. The van der Waals surface area contributed by atoms with Crippen molar-refractivity contribution in [3.63, 3.8) is 0 Å². The molecule has 0 unspecified atom stereocenters. The molecule has 122 valence electrons. The molecule has 1 aliphatic heterocycles. The lowest BCUT2D eigenvalue weighted by Crippen LogP contribution is -2.42. The van der Waals surface area contributed by atoms with Crippen LogP contribution in [0.2, 0.25) is 0 Å². The number of rotatable bonds is 6. The van der Waals surface area contributed by atoms with Crippen LogP contribution in [0.5, 0.6) is 0 Å². The number of aliphatic hydroxyl groups is 1. The molecule has 1 amide bonds. The van der Waals surface area contributed by atoms with Gasteiger partial charge in [-0.15, -0.1) is 0 Å². The Bertz CT molecular complexity index is 502. The third-order valence-electron chi connectivity index (χ3n) is 4.03. The highest BCUT2D eigenvalue weighted by atomic mass is 16.3. The van der Waals surface area contributed by atoms with Gasteiger partial charge in [0.1, 0.15) is 0 Å². The summed E-state index contributed by atoms with van der Waals surface area (Å²) in [5.41, 5.74) is 1.02. The summed E-state index contributed by atoms with van der Waals surface area (Å²) in [6, 6.07) is 7.90. The van der Waals surface area contributed by atoms with E-state index in [1.165, 1.54) is 18.4 Å². The van der Waals surface area contributed by atoms with Gasteiger partial charge in [0.05, 0.1) is 5.60 Å². The van der Waals surface area contributed by atoms with Crippen molar-refractivity contribution in [1.29, 1.82) is 0 Å². The molecule has 1 fully saturated rings. The summed E-state index contributed by atoms with van der Waals surface area (Å²) in [4.78, 5) is 16.8. The van der Waals surface area contributed by atoms with Crippen LogP contribution in [-0.4, -0.2) is 52.6 Å². The second-order valence-corrected chi connectivity index (χ2v) is 6.82. The van der Waals surface area contributed by atoms with Gasteiger partial charge in [0, 0.05) is 25.2 Å². The van der Waals surface area contributed by atoms with E-state index < -0.39 is 5.60 Å². The van der Waals surface area contributed by atoms with Gasteiger partial charge in [-0.3, -0.25) is 9.69 Å². The first-order chi connectivity index (χ1) is 10.4. The van der Waals surface area contributed by atoms with E-state index >= 15 is 0 Å². The summed E-state index contributed by atoms with van der Waals surface area (Å²) in [7, 11) is 0. The Morgan fingerprint density at radius 2 is 2.00 bits per heavy atom. The van der Waals surface area contributed by atoms with Crippen LogP contribution in [0.4, 0.5) is 0 Å². The summed E-state index contributed by atoms with van der Waals surface area (Å²) in [5, 5.41) is 9.96. The van der Waals surface area contributed by atoms with E-state index in [0.717, 1.165) is 19.6 Å². The summed E-state index contributed by atoms with van der Waals surface area (Å²) in [6.45, 7) is 9.56. The number of likely N-dealkylation sites (tertiary alicyclic amines) is 1. The number of carbonyl (C=O) groups excluding carboxylic acids is 1. The largest absolute Gasteiger partial charge is 0.389 e. The van der Waals surface area contributed by atoms with Crippen molar-refractivity contribution in [2.75, 3.05) is 26.2 Å². The van der Waals surface area contributed by atoms with Gasteiger partial charge < -0.3 is 10.0 Å². The van der Waals surface area contributed by atoms with Crippen LogP contribution in [0.25, 0.3) is 0 Å². The molecule has 0 saturated carbocycles. The molecule has 0 radical (unpaired) electrons. The van der Waals surface area contributed by atoms with Gasteiger partial charge >= 0.3 is 0 Å². The maximum absolute atomic E-state index is 12.6. The predicted molar refractivity (Wildman–Crippen MR) is 88.8 cm³/mol. The predicted octanol–water partition coefficient (Wildman–Crippen LogP) is 2.52. The SMILES string of the molecule is CCN(CC(C)(C)O)C(=O)c1cccc(CN2CCCC2)c1. The summed E-state index contributed by atoms with van der Waals surface area (Å²) in [6.07, 6.45) is 2.54. The Hall–Kier alpha value is -1.39. The number of likely N-dealkylation sites (N-methyl/N-ethyl adjacent to an activating group) is 1. The minimum Gasteiger partial charge on any atom is -0.389 e. The molecule has 0 aliphatic carbocycles. The van der Waals surface area contributed by atoms with E-state index in [4.69, 9.17) is 0 Å². The molecule has 2 rings (SSSR count). The zero-order valence-electron chi connectivity index (χ0n) is 14.0. The minimum atomic E-state index is -0.876. The monoisotopic (exact) mass is 304 g/mol. The van der Waals surface area contributed by atoms with Gasteiger partial charge in [-0.2, -0.15) is 0 Å². The molecule has 22 heavy (non-hydrogen) atoms. The maximum atomic E-state index is 12.6. The molecule has 0 bridgehead atoms. The Kier molecular flexibility index (Phi) is 5.59. The van der Waals surface area contributed by atoms with Crippen LogP contribution >= 0.6 is 0 Å². The molecule has 1 aromatic rings. The van der Waals surface area contributed by atoms with Crippen molar-refractivity contribution in [2.45, 2.75) is 45.8 Å². The fraction of sp³-hybridized carbons (Fsp3) is 0.611. The van der Waals surface area contributed by atoms with Crippen molar-refractivity contribution >= 4 is 5.91 Å². The second kappa shape index (κ2) is 7.25. The normalized spacial score (nSPS) is 16.0. The van der Waals surface area contributed by atoms with Gasteiger partial charge in [-0.1, -0.05) is 12.1 Å². The van der Waals surface area contributed by atoms with Crippen LogP contribution in [-0.2, 0) is 6.54 Å². The molecule has 1 heterocycles. The molecule has 0 atom stereocenters. The first-order valence-corrected chi connectivity index (χ1v) is 8.22. The summed E-state index contributed by atoms with van der Waals surface area (Å²) >= 11 is 0. The number of hydrogen-bond donors (Lipinski definition) is 1. The first-order valence-electron chi connectivity index (χ1n) is 8.22. The van der Waals surface area contributed by atoms with E-state index in [-0.39, 0.29) is 5.91 Å². The molecule has 0 aromatic heterocycles. The topological polar surface area (TPSA) is 43.8 Å². The fourth-order valence-electron chi connectivity index (χ4n) is 2.98. The molecule has 1 saturated heterocycles. The average Bonchev–Trinajstić information content (AvgIpc) is 2.96. The van der Waals surface area contributed by atoms with Crippen LogP contribution in [0.3, 0.4) is 0 Å². The molecule has 1 aliphatic rings. The first kappa shape index (κ1) is 17.0. The van der Waals surface area contributed by atoms with E-state index in [1.54, 1.807) is 18.7 Å². The number of hydrogen-bond acceptors (Lipinski definition) is 3. The highest BCUT2D eigenvalue weighted by molar-refractivity contribution is 5.94. The van der Waals surface area contributed by atoms with E-state index in [1.807, 2.05) is 25.1 Å². The van der Waals surface area contributed by atoms with E-state index in [0.29, 0.717) is 18.7 Å². The molecular formula is C18H28N2O2. The Morgan fingerprint density at radius 3 is 2.59 bits per heavy atom. The molecule has 4 nitrogen and oxygen atoms in total.